The van der Waals surface area contributed by atoms with Gasteiger partial charge in [-0.3, -0.25) is 4.57 Å². The summed E-state index contributed by atoms with van der Waals surface area (Å²) < 4.78 is 11.7. The first-order chi connectivity index (χ1) is 33.0. The van der Waals surface area contributed by atoms with Gasteiger partial charge in [0.05, 0.1) is 39.1 Å². The predicted octanol–water partition coefficient (Wildman–Crippen LogP) is 15.8. The van der Waals surface area contributed by atoms with E-state index in [-0.39, 0.29) is 10.8 Å². The van der Waals surface area contributed by atoms with Crippen molar-refractivity contribution < 1.29 is 4.74 Å². The molecule has 0 spiro atoms. The Hall–Kier alpha value is -7.64. The van der Waals surface area contributed by atoms with Gasteiger partial charge in [-0.05, 0) is 107 Å². The van der Waals surface area contributed by atoms with Crippen molar-refractivity contribution >= 4 is 55.6 Å². The standard InChI is InChI=1S/C61H56N6O/c1-60(2,3)42-26-29-52-50(33-42)49-28-27-46(36-53(49)67(52)58-34-43(30-31-62-58)61(4,5)6)68-45-22-15-21-44(35-45)65-39-66(56-38-54-51(37-55(56)65)63-57-25-13-14-32-64(54)57)59-47(40-17-9-7-10-18-40)23-16-24-48(59)41-19-11-8-12-20-41/h7-12,15-24,26-31,33-38H,13-14,25,32,39H2,1-6H3. The number of benzene rings is 7. The Morgan fingerprint density at radius 1 is 0.529 bits per heavy atom. The van der Waals surface area contributed by atoms with Crippen molar-refractivity contribution in [2.75, 3.05) is 16.5 Å². The van der Waals surface area contributed by atoms with Crippen LogP contribution in [0.2, 0.25) is 0 Å². The molecule has 0 aliphatic carbocycles. The van der Waals surface area contributed by atoms with E-state index in [9.17, 15) is 0 Å². The van der Waals surface area contributed by atoms with Crippen LogP contribution in [0.4, 0.5) is 22.7 Å². The summed E-state index contributed by atoms with van der Waals surface area (Å²) in [5, 5.41) is 2.37. The molecular formula is C61H56N6O. The Kier molecular flexibility index (Phi) is 9.84. The van der Waals surface area contributed by atoms with Crippen LogP contribution in [0.25, 0.3) is 60.9 Å². The third-order valence-corrected chi connectivity index (χ3v) is 14.1. The highest BCUT2D eigenvalue weighted by Gasteiger charge is 2.34. The molecule has 68 heavy (non-hydrogen) atoms. The third-order valence-electron chi connectivity index (χ3n) is 14.1. The Morgan fingerprint density at radius 2 is 1.22 bits per heavy atom. The van der Waals surface area contributed by atoms with Gasteiger partial charge in [-0.2, -0.15) is 0 Å². The molecular weight excluding hydrogens is 833 g/mol. The number of aromatic nitrogens is 4. The second kappa shape index (κ2) is 16.0. The summed E-state index contributed by atoms with van der Waals surface area (Å²) in [5.74, 6) is 3.61. The molecule has 0 saturated heterocycles. The first-order valence-electron chi connectivity index (χ1n) is 24.1. The van der Waals surface area contributed by atoms with E-state index in [0.29, 0.717) is 6.67 Å². The van der Waals surface area contributed by atoms with Crippen LogP contribution in [0.5, 0.6) is 11.5 Å². The van der Waals surface area contributed by atoms with Crippen LogP contribution in [-0.4, -0.2) is 25.8 Å². The topological polar surface area (TPSA) is 51.4 Å². The highest BCUT2D eigenvalue weighted by atomic mass is 16.5. The SMILES string of the molecule is CC(C)(C)c1ccnc(-n2c3ccc(C(C)(C)C)cc3c3ccc(Oc4cccc(N5CN(c6c(-c7ccccc7)cccc6-c6ccccc6)c6cc7c(cc65)nc5n7CCCC5)c4)cc32)c1. The van der Waals surface area contributed by atoms with E-state index in [1.54, 1.807) is 0 Å². The highest BCUT2D eigenvalue weighted by Crippen LogP contribution is 2.52. The van der Waals surface area contributed by atoms with Crippen LogP contribution in [-0.2, 0) is 23.8 Å². The minimum Gasteiger partial charge on any atom is -0.457 e. The van der Waals surface area contributed by atoms with E-state index in [0.717, 1.165) is 63.9 Å². The fourth-order valence-corrected chi connectivity index (χ4v) is 10.5. The minimum atomic E-state index is -0.0262. The van der Waals surface area contributed by atoms with E-state index >= 15 is 0 Å². The lowest BCUT2D eigenvalue weighted by atomic mass is 9.86. The maximum atomic E-state index is 6.92. The molecule has 0 N–H and O–H groups in total. The fraction of sp³-hybridized carbons (Fsp3) is 0.213. The summed E-state index contributed by atoms with van der Waals surface area (Å²) in [6.07, 6.45) is 5.29. The van der Waals surface area contributed by atoms with Gasteiger partial charge >= 0.3 is 0 Å². The van der Waals surface area contributed by atoms with Crippen LogP contribution in [0, 0.1) is 0 Å². The first-order valence-corrected chi connectivity index (χ1v) is 24.1. The van der Waals surface area contributed by atoms with Gasteiger partial charge < -0.3 is 19.1 Å². The van der Waals surface area contributed by atoms with E-state index in [2.05, 4.69) is 224 Å². The lowest BCUT2D eigenvalue weighted by Gasteiger charge is -2.27. The summed E-state index contributed by atoms with van der Waals surface area (Å²) in [7, 11) is 0. The molecule has 2 aliphatic rings. The predicted molar refractivity (Wildman–Crippen MR) is 282 cm³/mol. The maximum absolute atomic E-state index is 6.92. The highest BCUT2D eigenvalue weighted by molar-refractivity contribution is 6.10. The number of para-hydroxylation sites is 1. The van der Waals surface area contributed by atoms with Crippen molar-refractivity contribution in [3.63, 3.8) is 0 Å². The molecule has 7 nitrogen and oxygen atoms in total. The van der Waals surface area contributed by atoms with E-state index in [4.69, 9.17) is 14.7 Å². The van der Waals surface area contributed by atoms with Crippen LogP contribution in [0.15, 0.2) is 170 Å². The van der Waals surface area contributed by atoms with Gasteiger partial charge in [0.1, 0.15) is 29.8 Å². The number of nitrogens with zero attached hydrogens (tertiary/aromatic N) is 6. The molecule has 3 aromatic heterocycles. The Labute approximate surface area is 398 Å². The van der Waals surface area contributed by atoms with E-state index in [1.807, 2.05) is 6.20 Å². The van der Waals surface area contributed by atoms with Crippen molar-refractivity contribution in [1.29, 1.82) is 0 Å². The summed E-state index contributed by atoms with van der Waals surface area (Å²) >= 11 is 0. The van der Waals surface area contributed by atoms with Gasteiger partial charge in [0.25, 0.3) is 0 Å². The minimum absolute atomic E-state index is 0.00746. The molecule has 7 aromatic carbocycles. The van der Waals surface area contributed by atoms with E-state index < -0.39 is 0 Å². The molecule has 0 saturated carbocycles. The number of pyridine rings is 1. The summed E-state index contributed by atoms with van der Waals surface area (Å²) in [6.45, 7) is 15.2. The first kappa shape index (κ1) is 41.8. The Balaban J connectivity index is 0.981. The second-order valence-electron chi connectivity index (χ2n) is 20.6. The number of hydrogen-bond donors (Lipinski definition) is 0. The van der Waals surface area contributed by atoms with Gasteiger partial charge in [0.2, 0.25) is 0 Å². The van der Waals surface area contributed by atoms with Gasteiger partial charge in [0.15, 0.2) is 0 Å². The van der Waals surface area contributed by atoms with Crippen molar-refractivity contribution in [2.24, 2.45) is 0 Å². The molecule has 336 valence electrons. The number of rotatable bonds is 7. The fourth-order valence-electron chi connectivity index (χ4n) is 10.5. The zero-order valence-electron chi connectivity index (χ0n) is 39.8. The maximum Gasteiger partial charge on any atom is 0.137 e. The summed E-state index contributed by atoms with van der Waals surface area (Å²) in [4.78, 5) is 15.2. The van der Waals surface area contributed by atoms with Crippen LogP contribution < -0.4 is 14.5 Å². The van der Waals surface area contributed by atoms with Crippen molar-refractivity contribution in [3.05, 3.63) is 187 Å². The molecule has 5 heterocycles. The zero-order chi connectivity index (χ0) is 46.3. The normalized spacial score (nSPS) is 14.0. The molecule has 7 heteroatoms. The van der Waals surface area contributed by atoms with Gasteiger partial charge in [-0.15, -0.1) is 0 Å². The molecule has 0 radical (unpaired) electrons. The van der Waals surface area contributed by atoms with Crippen molar-refractivity contribution in [1.82, 2.24) is 19.1 Å². The smallest absolute Gasteiger partial charge is 0.137 e. The van der Waals surface area contributed by atoms with E-state index in [1.165, 1.54) is 74.0 Å². The molecule has 0 bridgehead atoms. The second-order valence-corrected chi connectivity index (χ2v) is 20.6. The number of ether oxygens (including phenoxy) is 1. The molecule has 0 amide bonds. The average Bonchev–Trinajstić information content (AvgIpc) is 4.02. The van der Waals surface area contributed by atoms with Crippen LogP contribution in [0.1, 0.15) is 71.3 Å². The number of anilines is 4. The number of hydrogen-bond acceptors (Lipinski definition) is 5. The monoisotopic (exact) mass is 888 g/mol. The summed E-state index contributed by atoms with van der Waals surface area (Å²) in [6, 6.07) is 59.3. The molecule has 0 unspecified atom stereocenters. The molecule has 0 fully saturated rings. The lowest BCUT2D eigenvalue weighted by molar-refractivity contribution is 0.483. The Bertz CT molecular complexity index is 3500. The molecule has 2 aliphatic heterocycles. The average molecular weight is 889 g/mol. The van der Waals surface area contributed by atoms with Crippen LogP contribution >= 0.6 is 0 Å². The van der Waals surface area contributed by atoms with Crippen molar-refractivity contribution in [3.8, 4) is 39.6 Å². The molecule has 12 rings (SSSR count). The summed E-state index contributed by atoms with van der Waals surface area (Å²) in [5.41, 5.74) is 16.2. The number of aryl methyl sites for hydroxylation is 2. The number of fused-ring (bicyclic) bond motifs is 7. The Morgan fingerprint density at radius 3 is 1.96 bits per heavy atom. The lowest BCUT2D eigenvalue weighted by Crippen LogP contribution is -2.25. The quantitative estimate of drug-likeness (QED) is 0.160. The molecule has 10 aromatic rings. The van der Waals surface area contributed by atoms with Gasteiger partial charge in [0, 0.05) is 58.9 Å². The van der Waals surface area contributed by atoms with Crippen molar-refractivity contribution in [2.45, 2.75) is 78.2 Å². The molecule has 0 atom stereocenters. The van der Waals surface area contributed by atoms with Gasteiger partial charge in [-0.1, -0.05) is 133 Å². The number of imidazole rings is 1. The third kappa shape index (κ3) is 7.20. The van der Waals surface area contributed by atoms with Gasteiger partial charge in [-0.25, -0.2) is 9.97 Å². The zero-order valence-corrected chi connectivity index (χ0v) is 39.8. The van der Waals surface area contributed by atoms with Crippen LogP contribution in [0.3, 0.4) is 0 Å². The largest absolute Gasteiger partial charge is 0.457 e.